The van der Waals surface area contributed by atoms with E-state index < -0.39 is 0 Å². The molecule has 1 fully saturated rings. The molecule has 1 unspecified atom stereocenters. The van der Waals surface area contributed by atoms with Crippen LogP contribution in [-0.4, -0.2) is 52.0 Å². The van der Waals surface area contributed by atoms with Gasteiger partial charge < -0.3 is 20.1 Å². The van der Waals surface area contributed by atoms with Gasteiger partial charge in [-0.2, -0.15) is 0 Å². The van der Waals surface area contributed by atoms with Gasteiger partial charge in [0.15, 0.2) is 0 Å². The Morgan fingerprint density at radius 2 is 2.29 bits per heavy atom. The number of carbonyl (C=O) groups excluding carboxylic acids is 1. The van der Waals surface area contributed by atoms with Crippen molar-refractivity contribution in [3.63, 3.8) is 0 Å². The molecule has 0 saturated carbocycles. The van der Waals surface area contributed by atoms with E-state index in [1.165, 1.54) is 0 Å². The standard InChI is InChI=1S/C12H24N2O3/c1-2-4-13-5-6-14-12(15)10-17-9-11-3-7-16-8-11/h11,13H,2-10H2,1H3,(H,14,15). The second-order valence-electron chi connectivity index (χ2n) is 4.34. The Kier molecular flexibility index (Phi) is 7.96. The predicted molar refractivity (Wildman–Crippen MR) is 65.9 cm³/mol. The van der Waals surface area contributed by atoms with Crippen LogP contribution in [-0.2, 0) is 14.3 Å². The molecule has 0 aromatic carbocycles. The van der Waals surface area contributed by atoms with Crippen LogP contribution in [0.4, 0.5) is 0 Å². The van der Waals surface area contributed by atoms with Crippen LogP contribution in [0.5, 0.6) is 0 Å². The molecule has 0 aromatic heterocycles. The fourth-order valence-electron chi connectivity index (χ4n) is 1.68. The summed E-state index contributed by atoms with van der Waals surface area (Å²) in [5, 5.41) is 6.03. The van der Waals surface area contributed by atoms with Crippen LogP contribution in [0.2, 0.25) is 0 Å². The summed E-state index contributed by atoms with van der Waals surface area (Å²) < 4.78 is 10.6. The van der Waals surface area contributed by atoms with Crippen molar-refractivity contribution in [1.29, 1.82) is 0 Å². The van der Waals surface area contributed by atoms with E-state index in [0.29, 0.717) is 19.1 Å². The molecule has 0 spiro atoms. The van der Waals surface area contributed by atoms with Gasteiger partial charge in [-0.3, -0.25) is 4.79 Å². The number of hydrogen-bond donors (Lipinski definition) is 2. The highest BCUT2D eigenvalue weighted by Gasteiger charge is 2.15. The molecule has 1 heterocycles. The minimum Gasteiger partial charge on any atom is -0.381 e. The normalized spacial score (nSPS) is 19.5. The van der Waals surface area contributed by atoms with Crippen LogP contribution in [0.1, 0.15) is 19.8 Å². The van der Waals surface area contributed by atoms with Gasteiger partial charge >= 0.3 is 0 Å². The Morgan fingerprint density at radius 3 is 3.00 bits per heavy atom. The first-order valence-electron chi connectivity index (χ1n) is 6.45. The quantitative estimate of drug-likeness (QED) is 0.567. The first-order chi connectivity index (χ1) is 8.33. The van der Waals surface area contributed by atoms with Crippen LogP contribution in [0.3, 0.4) is 0 Å². The summed E-state index contributed by atoms with van der Waals surface area (Å²) in [5.74, 6) is 0.427. The molecule has 1 amide bonds. The average molecular weight is 244 g/mol. The fourth-order valence-corrected chi connectivity index (χ4v) is 1.68. The number of hydrogen-bond acceptors (Lipinski definition) is 4. The molecule has 5 heteroatoms. The van der Waals surface area contributed by atoms with E-state index in [1.54, 1.807) is 0 Å². The fraction of sp³-hybridized carbons (Fsp3) is 0.917. The lowest BCUT2D eigenvalue weighted by molar-refractivity contribution is -0.126. The van der Waals surface area contributed by atoms with E-state index in [-0.39, 0.29) is 12.5 Å². The first-order valence-corrected chi connectivity index (χ1v) is 6.45. The van der Waals surface area contributed by atoms with Crippen molar-refractivity contribution in [3.8, 4) is 0 Å². The maximum absolute atomic E-state index is 11.4. The summed E-state index contributed by atoms with van der Waals surface area (Å²) in [6.07, 6.45) is 2.16. The third-order valence-corrected chi connectivity index (χ3v) is 2.66. The lowest BCUT2D eigenvalue weighted by Gasteiger charge is -2.09. The van der Waals surface area contributed by atoms with Crippen molar-refractivity contribution in [3.05, 3.63) is 0 Å². The summed E-state index contributed by atoms with van der Waals surface area (Å²) >= 11 is 0. The van der Waals surface area contributed by atoms with Crippen molar-refractivity contribution < 1.29 is 14.3 Å². The maximum Gasteiger partial charge on any atom is 0.246 e. The van der Waals surface area contributed by atoms with Gasteiger partial charge in [0.1, 0.15) is 6.61 Å². The molecule has 100 valence electrons. The second kappa shape index (κ2) is 9.39. The maximum atomic E-state index is 11.4. The van der Waals surface area contributed by atoms with Crippen molar-refractivity contribution in [1.82, 2.24) is 10.6 Å². The highest BCUT2D eigenvalue weighted by atomic mass is 16.5. The van der Waals surface area contributed by atoms with E-state index in [0.717, 1.165) is 39.1 Å². The molecule has 0 aliphatic carbocycles. The van der Waals surface area contributed by atoms with Gasteiger partial charge in [-0.25, -0.2) is 0 Å². The molecule has 1 atom stereocenters. The minimum atomic E-state index is -0.0396. The Morgan fingerprint density at radius 1 is 1.41 bits per heavy atom. The Hall–Kier alpha value is -0.650. The molecule has 0 bridgehead atoms. The average Bonchev–Trinajstić information content (AvgIpc) is 2.82. The Bertz CT molecular complexity index is 206. The van der Waals surface area contributed by atoms with Crippen molar-refractivity contribution in [2.45, 2.75) is 19.8 Å². The lowest BCUT2D eigenvalue weighted by atomic mass is 10.1. The minimum absolute atomic E-state index is 0.0396. The summed E-state index contributed by atoms with van der Waals surface area (Å²) in [6, 6.07) is 0. The topological polar surface area (TPSA) is 59.6 Å². The SMILES string of the molecule is CCCNCCNC(=O)COCC1CCOC1. The molecular weight excluding hydrogens is 220 g/mol. The Labute approximate surface area is 103 Å². The number of rotatable bonds is 9. The van der Waals surface area contributed by atoms with E-state index in [9.17, 15) is 4.79 Å². The number of carbonyl (C=O) groups is 1. The lowest BCUT2D eigenvalue weighted by Crippen LogP contribution is -2.34. The summed E-state index contributed by atoms with van der Waals surface area (Å²) in [5.41, 5.74) is 0. The van der Waals surface area contributed by atoms with Crippen LogP contribution < -0.4 is 10.6 Å². The van der Waals surface area contributed by atoms with Crippen molar-refractivity contribution >= 4 is 5.91 Å². The highest BCUT2D eigenvalue weighted by molar-refractivity contribution is 5.77. The molecule has 2 N–H and O–H groups in total. The van der Waals surface area contributed by atoms with Gasteiger partial charge in [0.05, 0.1) is 13.2 Å². The van der Waals surface area contributed by atoms with Crippen LogP contribution >= 0.6 is 0 Å². The Balaban J connectivity index is 1.86. The third-order valence-electron chi connectivity index (χ3n) is 2.66. The summed E-state index contributed by atoms with van der Waals surface area (Å²) in [6.45, 7) is 6.96. The predicted octanol–water partition coefficient (Wildman–Crippen LogP) is 0.155. The van der Waals surface area contributed by atoms with Crippen LogP contribution in [0.15, 0.2) is 0 Å². The smallest absolute Gasteiger partial charge is 0.246 e. The van der Waals surface area contributed by atoms with Crippen LogP contribution in [0.25, 0.3) is 0 Å². The number of ether oxygens (including phenoxy) is 2. The molecule has 0 aromatic rings. The van der Waals surface area contributed by atoms with E-state index in [1.807, 2.05) is 0 Å². The van der Waals surface area contributed by atoms with E-state index >= 15 is 0 Å². The third kappa shape index (κ3) is 7.31. The second-order valence-corrected chi connectivity index (χ2v) is 4.34. The van der Waals surface area contributed by atoms with Gasteiger partial charge in [-0.1, -0.05) is 6.92 Å². The molecule has 1 aliphatic rings. The van der Waals surface area contributed by atoms with Crippen molar-refractivity contribution in [2.24, 2.45) is 5.92 Å². The number of nitrogens with one attached hydrogen (secondary N) is 2. The van der Waals surface area contributed by atoms with Crippen molar-refractivity contribution in [2.75, 3.05) is 46.1 Å². The first kappa shape index (κ1) is 14.4. The van der Waals surface area contributed by atoms with E-state index in [4.69, 9.17) is 9.47 Å². The molecule has 5 nitrogen and oxygen atoms in total. The van der Waals surface area contributed by atoms with Gasteiger partial charge in [0.2, 0.25) is 5.91 Å². The molecule has 0 radical (unpaired) electrons. The molecular formula is C12H24N2O3. The molecule has 1 saturated heterocycles. The highest BCUT2D eigenvalue weighted by Crippen LogP contribution is 2.11. The van der Waals surface area contributed by atoms with E-state index in [2.05, 4.69) is 17.6 Å². The zero-order valence-corrected chi connectivity index (χ0v) is 10.7. The van der Waals surface area contributed by atoms with Gasteiger partial charge in [-0.05, 0) is 19.4 Å². The molecule has 1 aliphatic heterocycles. The zero-order chi connectivity index (χ0) is 12.3. The largest absolute Gasteiger partial charge is 0.381 e. The number of amides is 1. The monoisotopic (exact) mass is 244 g/mol. The van der Waals surface area contributed by atoms with Gasteiger partial charge in [0, 0.05) is 25.6 Å². The van der Waals surface area contributed by atoms with Gasteiger partial charge in [0.25, 0.3) is 0 Å². The zero-order valence-electron chi connectivity index (χ0n) is 10.7. The van der Waals surface area contributed by atoms with Crippen LogP contribution in [0, 0.1) is 5.92 Å². The molecule has 1 rings (SSSR count). The summed E-state index contributed by atoms with van der Waals surface area (Å²) in [4.78, 5) is 11.4. The van der Waals surface area contributed by atoms with Gasteiger partial charge in [-0.15, -0.1) is 0 Å². The summed E-state index contributed by atoms with van der Waals surface area (Å²) in [7, 11) is 0. The molecule has 17 heavy (non-hydrogen) atoms.